The SMILES string of the molecule is O=C(O)Cn1nnc(CCl)c1CCl. The van der Waals surface area contributed by atoms with E-state index in [1.54, 1.807) is 0 Å². The van der Waals surface area contributed by atoms with Gasteiger partial charge < -0.3 is 5.11 Å². The van der Waals surface area contributed by atoms with Crippen molar-refractivity contribution >= 4 is 29.2 Å². The van der Waals surface area contributed by atoms with Crippen molar-refractivity contribution in [2.24, 2.45) is 0 Å². The molecule has 0 aliphatic heterocycles. The number of aliphatic carboxylic acids is 1. The summed E-state index contributed by atoms with van der Waals surface area (Å²) in [5.41, 5.74) is 1.08. The Labute approximate surface area is 84.2 Å². The molecule has 7 heteroatoms. The lowest BCUT2D eigenvalue weighted by molar-refractivity contribution is -0.137. The predicted molar refractivity (Wildman–Crippen MR) is 46.8 cm³/mol. The molecule has 1 rings (SSSR count). The molecule has 0 aliphatic carbocycles. The largest absolute Gasteiger partial charge is 0.480 e. The number of carbonyl (C=O) groups is 1. The van der Waals surface area contributed by atoms with Gasteiger partial charge in [-0.05, 0) is 0 Å². The predicted octanol–water partition coefficient (Wildman–Crippen LogP) is 0.840. The first kappa shape index (κ1) is 10.3. The number of nitrogens with zero attached hydrogens (tertiary/aromatic N) is 3. The molecular weight excluding hydrogens is 217 g/mol. The van der Waals surface area contributed by atoms with E-state index in [-0.39, 0.29) is 18.3 Å². The van der Waals surface area contributed by atoms with Crippen LogP contribution >= 0.6 is 23.2 Å². The molecule has 0 aromatic carbocycles. The van der Waals surface area contributed by atoms with Gasteiger partial charge in [0.25, 0.3) is 0 Å². The van der Waals surface area contributed by atoms with Crippen LogP contribution in [0.1, 0.15) is 11.4 Å². The molecular formula is C6H7Cl2N3O2. The van der Waals surface area contributed by atoms with E-state index in [9.17, 15) is 4.79 Å². The van der Waals surface area contributed by atoms with Gasteiger partial charge in [0.05, 0.1) is 17.5 Å². The number of aromatic nitrogens is 3. The van der Waals surface area contributed by atoms with Crippen LogP contribution < -0.4 is 0 Å². The number of hydrogen-bond acceptors (Lipinski definition) is 3. The first-order valence-corrected chi connectivity index (χ1v) is 4.51. The summed E-state index contributed by atoms with van der Waals surface area (Å²) < 4.78 is 1.23. The lowest BCUT2D eigenvalue weighted by Gasteiger charge is -1.99. The standard InChI is InChI=1S/C6H7Cl2N3O2/c7-1-4-5(2-8)11(10-9-4)3-6(12)13/h1-3H2,(H,12,13). The highest BCUT2D eigenvalue weighted by molar-refractivity contribution is 6.18. The second kappa shape index (κ2) is 4.43. The maximum atomic E-state index is 10.4. The first-order valence-electron chi connectivity index (χ1n) is 3.44. The molecule has 0 bridgehead atoms. The van der Waals surface area contributed by atoms with Crippen LogP contribution in [0, 0.1) is 0 Å². The van der Waals surface area contributed by atoms with Gasteiger partial charge in [-0.25, -0.2) is 4.68 Å². The molecule has 0 saturated heterocycles. The average molecular weight is 224 g/mol. The zero-order valence-electron chi connectivity index (χ0n) is 6.57. The first-order chi connectivity index (χ1) is 6.19. The Bertz CT molecular complexity index is 313. The summed E-state index contributed by atoms with van der Waals surface area (Å²) in [5, 5.41) is 15.8. The van der Waals surface area contributed by atoms with Crippen LogP contribution in [0.25, 0.3) is 0 Å². The minimum absolute atomic E-state index is 0.155. The summed E-state index contributed by atoms with van der Waals surface area (Å²) in [5.74, 6) is -0.651. The Hall–Kier alpha value is -0.810. The quantitative estimate of drug-likeness (QED) is 0.769. The second-order valence-corrected chi connectivity index (χ2v) is 2.84. The third kappa shape index (κ3) is 2.32. The molecule has 1 heterocycles. The van der Waals surface area contributed by atoms with E-state index in [1.165, 1.54) is 4.68 Å². The van der Waals surface area contributed by atoms with E-state index in [0.29, 0.717) is 11.4 Å². The van der Waals surface area contributed by atoms with Gasteiger partial charge in [0.1, 0.15) is 12.2 Å². The van der Waals surface area contributed by atoms with Gasteiger partial charge in [-0.3, -0.25) is 4.79 Å². The fourth-order valence-electron chi connectivity index (χ4n) is 0.874. The van der Waals surface area contributed by atoms with Gasteiger partial charge in [0.15, 0.2) is 0 Å². The number of hydrogen-bond donors (Lipinski definition) is 1. The maximum absolute atomic E-state index is 10.4. The van der Waals surface area contributed by atoms with Crippen molar-refractivity contribution < 1.29 is 9.90 Å². The van der Waals surface area contributed by atoms with Crippen molar-refractivity contribution in [3.63, 3.8) is 0 Å². The molecule has 1 aromatic heterocycles. The van der Waals surface area contributed by atoms with Crippen LogP contribution in [0.3, 0.4) is 0 Å². The monoisotopic (exact) mass is 223 g/mol. The van der Waals surface area contributed by atoms with Gasteiger partial charge in [-0.15, -0.1) is 28.3 Å². The number of carboxylic acid groups (broad SMARTS) is 1. The zero-order valence-corrected chi connectivity index (χ0v) is 8.09. The van der Waals surface area contributed by atoms with Gasteiger partial charge in [0.2, 0.25) is 0 Å². The Morgan fingerprint density at radius 2 is 2.15 bits per heavy atom. The summed E-state index contributed by atoms with van der Waals surface area (Å²) in [6.45, 7) is -0.244. The topological polar surface area (TPSA) is 68.0 Å². The van der Waals surface area contributed by atoms with Crippen LogP contribution in [0.4, 0.5) is 0 Å². The Morgan fingerprint density at radius 3 is 2.62 bits per heavy atom. The molecule has 72 valence electrons. The van der Waals surface area contributed by atoms with Crippen LogP contribution in [-0.2, 0) is 23.1 Å². The van der Waals surface area contributed by atoms with Crippen molar-refractivity contribution in [1.82, 2.24) is 15.0 Å². The van der Waals surface area contributed by atoms with E-state index < -0.39 is 5.97 Å². The highest BCUT2D eigenvalue weighted by Gasteiger charge is 2.12. The maximum Gasteiger partial charge on any atom is 0.325 e. The normalized spacial score (nSPS) is 10.3. The zero-order chi connectivity index (χ0) is 9.84. The van der Waals surface area contributed by atoms with Crippen molar-refractivity contribution in [2.45, 2.75) is 18.3 Å². The van der Waals surface area contributed by atoms with Crippen molar-refractivity contribution in [3.05, 3.63) is 11.4 Å². The van der Waals surface area contributed by atoms with Gasteiger partial charge in [-0.1, -0.05) is 5.21 Å². The van der Waals surface area contributed by atoms with E-state index >= 15 is 0 Å². The van der Waals surface area contributed by atoms with E-state index in [1.807, 2.05) is 0 Å². The summed E-state index contributed by atoms with van der Waals surface area (Å²) in [6, 6.07) is 0. The highest BCUT2D eigenvalue weighted by Crippen LogP contribution is 2.10. The lowest BCUT2D eigenvalue weighted by atomic mass is 10.4. The van der Waals surface area contributed by atoms with E-state index in [2.05, 4.69) is 10.3 Å². The minimum Gasteiger partial charge on any atom is -0.480 e. The summed E-state index contributed by atoms with van der Waals surface area (Å²) in [4.78, 5) is 10.4. The molecule has 0 unspecified atom stereocenters. The van der Waals surface area contributed by atoms with Crippen molar-refractivity contribution in [2.75, 3.05) is 0 Å². The van der Waals surface area contributed by atoms with Crippen molar-refractivity contribution in [1.29, 1.82) is 0 Å². The molecule has 0 atom stereocenters. The molecule has 0 spiro atoms. The summed E-state index contributed by atoms with van der Waals surface area (Å²) in [7, 11) is 0. The van der Waals surface area contributed by atoms with E-state index in [4.69, 9.17) is 28.3 Å². The van der Waals surface area contributed by atoms with Crippen LogP contribution in [0.2, 0.25) is 0 Å². The fraction of sp³-hybridized carbons (Fsp3) is 0.500. The Kier molecular flexibility index (Phi) is 3.50. The van der Waals surface area contributed by atoms with Crippen LogP contribution in [0.5, 0.6) is 0 Å². The van der Waals surface area contributed by atoms with Crippen molar-refractivity contribution in [3.8, 4) is 0 Å². The molecule has 1 aromatic rings. The molecule has 0 radical (unpaired) electrons. The molecule has 5 nitrogen and oxygen atoms in total. The molecule has 0 fully saturated rings. The Morgan fingerprint density at radius 1 is 1.46 bits per heavy atom. The van der Waals surface area contributed by atoms with Gasteiger partial charge in [-0.2, -0.15) is 0 Å². The number of halogens is 2. The Balaban J connectivity index is 2.93. The minimum atomic E-state index is -0.989. The van der Waals surface area contributed by atoms with Gasteiger partial charge in [0, 0.05) is 0 Å². The molecule has 0 aliphatic rings. The summed E-state index contributed by atoms with van der Waals surface area (Å²) in [6.07, 6.45) is 0. The van der Waals surface area contributed by atoms with E-state index in [0.717, 1.165) is 0 Å². The van der Waals surface area contributed by atoms with Gasteiger partial charge >= 0.3 is 5.97 Å². The third-order valence-corrected chi connectivity index (χ3v) is 1.96. The highest BCUT2D eigenvalue weighted by atomic mass is 35.5. The number of carboxylic acids is 1. The average Bonchev–Trinajstić information content (AvgIpc) is 2.45. The second-order valence-electron chi connectivity index (χ2n) is 2.30. The smallest absolute Gasteiger partial charge is 0.325 e. The molecule has 1 N–H and O–H groups in total. The number of alkyl halides is 2. The van der Waals surface area contributed by atoms with Crippen LogP contribution in [-0.4, -0.2) is 26.1 Å². The fourth-order valence-corrected chi connectivity index (χ4v) is 1.37. The lowest BCUT2D eigenvalue weighted by Crippen LogP contribution is -2.12. The number of rotatable bonds is 4. The van der Waals surface area contributed by atoms with Crippen LogP contribution in [0.15, 0.2) is 0 Å². The molecule has 13 heavy (non-hydrogen) atoms. The third-order valence-electron chi connectivity index (χ3n) is 1.46. The summed E-state index contributed by atoms with van der Waals surface area (Å²) >= 11 is 11.1. The molecule has 0 amide bonds. The molecule has 0 saturated carbocycles.